The third-order valence-electron chi connectivity index (χ3n) is 5.00. The lowest BCUT2D eigenvalue weighted by Crippen LogP contribution is -2.52. The van der Waals surface area contributed by atoms with Crippen LogP contribution in [0.15, 0.2) is 24.3 Å². The van der Waals surface area contributed by atoms with Gasteiger partial charge in [0.2, 0.25) is 0 Å². The van der Waals surface area contributed by atoms with E-state index < -0.39 is 0 Å². The number of benzene rings is 1. The highest BCUT2D eigenvalue weighted by molar-refractivity contribution is 5.94. The van der Waals surface area contributed by atoms with E-state index in [0.29, 0.717) is 6.04 Å². The SMILES string of the molecule is CC(=O)c1ccc(NC2CC3CCCC(C2)N3C)cc1. The predicted molar refractivity (Wildman–Crippen MR) is 82.3 cm³/mol. The van der Waals surface area contributed by atoms with Crippen LogP contribution in [0.1, 0.15) is 49.4 Å². The molecule has 0 spiro atoms. The largest absolute Gasteiger partial charge is 0.382 e. The fourth-order valence-electron chi connectivity index (χ4n) is 3.77. The highest BCUT2D eigenvalue weighted by Crippen LogP contribution is 2.33. The number of nitrogens with one attached hydrogen (secondary N) is 1. The maximum atomic E-state index is 11.3. The maximum Gasteiger partial charge on any atom is 0.159 e. The van der Waals surface area contributed by atoms with E-state index in [1.54, 1.807) is 6.92 Å². The molecule has 2 atom stereocenters. The van der Waals surface area contributed by atoms with E-state index in [1.807, 2.05) is 24.3 Å². The van der Waals surface area contributed by atoms with Crippen molar-refractivity contribution in [2.24, 2.45) is 0 Å². The van der Waals surface area contributed by atoms with Gasteiger partial charge in [-0.05, 0) is 63.9 Å². The van der Waals surface area contributed by atoms with E-state index in [4.69, 9.17) is 0 Å². The normalized spacial score (nSPS) is 30.0. The summed E-state index contributed by atoms with van der Waals surface area (Å²) in [6, 6.07) is 9.97. The van der Waals surface area contributed by atoms with Gasteiger partial charge < -0.3 is 10.2 Å². The van der Waals surface area contributed by atoms with Crippen molar-refractivity contribution in [3.05, 3.63) is 29.8 Å². The molecule has 0 radical (unpaired) electrons. The van der Waals surface area contributed by atoms with E-state index in [0.717, 1.165) is 23.3 Å². The molecule has 2 aliphatic heterocycles. The number of fused-ring (bicyclic) bond motifs is 2. The molecule has 3 heteroatoms. The van der Waals surface area contributed by atoms with E-state index in [1.165, 1.54) is 32.1 Å². The van der Waals surface area contributed by atoms with E-state index >= 15 is 0 Å². The van der Waals surface area contributed by atoms with Crippen LogP contribution in [-0.2, 0) is 0 Å². The van der Waals surface area contributed by atoms with E-state index in [9.17, 15) is 4.79 Å². The van der Waals surface area contributed by atoms with Crippen LogP contribution in [0.4, 0.5) is 5.69 Å². The number of hydrogen-bond donors (Lipinski definition) is 1. The van der Waals surface area contributed by atoms with E-state index in [2.05, 4.69) is 17.3 Å². The van der Waals surface area contributed by atoms with Crippen molar-refractivity contribution in [2.75, 3.05) is 12.4 Å². The van der Waals surface area contributed by atoms with Gasteiger partial charge in [0.1, 0.15) is 0 Å². The van der Waals surface area contributed by atoms with Gasteiger partial charge in [-0.3, -0.25) is 4.79 Å². The van der Waals surface area contributed by atoms with Gasteiger partial charge in [-0.25, -0.2) is 0 Å². The Balaban J connectivity index is 1.65. The van der Waals surface area contributed by atoms with Gasteiger partial charge >= 0.3 is 0 Å². The first kappa shape index (κ1) is 13.6. The number of ketones is 1. The van der Waals surface area contributed by atoms with Gasteiger partial charge in [0, 0.05) is 29.4 Å². The Labute approximate surface area is 121 Å². The predicted octanol–water partition coefficient (Wildman–Crippen LogP) is 3.32. The lowest BCUT2D eigenvalue weighted by molar-refractivity contribution is 0.0608. The van der Waals surface area contributed by atoms with Crippen molar-refractivity contribution in [1.29, 1.82) is 0 Å². The molecule has 2 aliphatic rings. The van der Waals surface area contributed by atoms with Gasteiger partial charge in [-0.2, -0.15) is 0 Å². The summed E-state index contributed by atoms with van der Waals surface area (Å²) in [4.78, 5) is 13.9. The quantitative estimate of drug-likeness (QED) is 0.857. The standard InChI is InChI=1S/C17H24N2O/c1-12(20)13-6-8-14(9-7-13)18-15-10-16-4-3-5-17(11-15)19(16)2/h6-9,15-18H,3-5,10-11H2,1-2H3. The lowest BCUT2D eigenvalue weighted by Gasteiger charge is -2.47. The Morgan fingerprint density at radius 1 is 1.15 bits per heavy atom. The van der Waals surface area contributed by atoms with Crippen molar-refractivity contribution in [3.8, 4) is 0 Å². The Morgan fingerprint density at radius 3 is 2.30 bits per heavy atom. The van der Waals surface area contributed by atoms with Gasteiger partial charge in [-0.15, -0.1) is 0 Å². The average molecular weight is 272 g/mol. The highest BCUT2D eigenvalue weighted by Gasteiger charge is 2.35. The molecule has 2 bridgehead atoms. The molecule has 0 amide bonds. The topological polar surface area (TPSA) is 32.3 Å². The summed E-state index contributed by atoms with van der Waals surface area (Å²) >= 11 is 0. The Morgan fingerprint density at radius 2 is 1.75 bits per heavy atom. The minimum Gasteiger partial charge on any atom is -0.382 e. The molecule has 2 fully saturated rings. The molecule has 20 heavy (non-hydrogen) atoms. The number of piperidine rings is 2. The number of Topliss-reactive ketones (excluding diaryl/α,β-unsaturated/α-hetero) is 1. The molecule has 108 valence electrons. The van der Waals surface area contributed by atoms with Crippen molar-refractivity contribution < 1.29 is 4.79 Å². The van der Waals surface area contributed by atoms with Gasteiger partial charge in [0.25, 0.3) is 0 Å². The van der Waals surface area contributed by atoms with Gasteiger partial charge in [0.15, 0.2) is 5.78 Å². The van der Waals surface area contributed by atoms with Crippen LogP contribution in [0, 0.1) is 0 Å². The second-order valence-electron chi connectivity index (χ2n) is 6.35. The maximum absolute atomic E-state index is 11.3. The monoisotopic (exact) mass is 272 g/mol. The van der Waals surface area contributed by atoms with Crippen LogP contribution < -0.4 is 5.32 Å². The van der Waals surface area contributed by atoms with E-state index in [-0.39, 0.29) is 5.78 Å². The Hall–Kier alpha value is -1.35. The average Bonchev–Trinajstić information content (AvgIpc) is 2.40. The zero-order valence-electron chi connectivity index (χ0n) is 12.4. The first-order valence-electron chi connectivity index (χ1n) is 7.73. The van der Waals surface area contributed by atoms with Gasteiger partial charge in [-0.1, -0.05) is 6.42 Å². The molecule has 3 nitrogen and oxygen atoms in total. The molecule has 0 aliphatic carbocycles. The second-order valence-corrected chi connectivity index (χ2v) is 6.35. The number of carbonyl (C=O) groups is 1. The summed E-state index contributed by atoms with van der Waals surface area (Å²) in [5.41, 5.74) is 1.93. The van der Waals surface area contributed by atoms with Crippen LogP contribution in [0.2, 0.25) is 0 Å². The molecular weight excluding hydrogens is 248 g/mol. The van der Waals surface area contributed by atoms with Crippen LogP contribution >= 0.6 is 0 Å². The van der Waals surface area contributed by atoms with Crippen molar-refractivity contribution >= 4 is 11.5 Å². The van der Waals surface area contributed by atoms with Crippen LogP contribution in [0.3, 0.4) is 0 Å². The summed E-state index contributed by atoms with van der Waals surface area (Å²) in [6.45, 7) is 1.61. The summed E-state index contributed by atoms with van der Waals surface area (Å²) in [7, 11) is 2.28. The fraction of sp³-hybridized carbons (Fsp3) is 0.588. The molecule has 2 saturated heterocycles. The molecule has 2 unspecified atom stereocenters. The van der Waals surface area contributed by atoms with Gasteiger partial charge in [0.05, 0.1) is 0 Å². The third-order valence-corrected chi connectivity index (χ3v) is 5.00. The zero-order valence-corrected chi connectivity index (χ0v) is 12.4. The number of carbonyl (C=O) groups excluding carboxylic acids is 1. The van der Waals surface area contributed by atoms with Crippen LogP contribution in [0.5, 0.6) is 0 Å². The summed E-state index contributed by atoms with van der Waals surface area (Å²) in [5, 5.41) is 3.66. The Bertz CT molecular complexity index is 468. The summed E-state index contributed by atoms with van der Waals surface area (Å²) < 4.78 is 0. The Kier molecular flexibility index (Phi) is 3.79. The minimum absolute atomic E-state index is 0.130. The summed E-state index contributed by atoms with van der Waals surface area (Å²) in [6.07, 6.45) is 6.55. The van der Waals surface area contributed by atoms with Crippen molar-refractivity contribution in [2.45, 2.75) is 57.2 Å². The summed E-state index contributed by atoms with van der Waals surface area (Å²) in [5.74, 6) is 0.130. The number of nitrogens with zero attached hydrogens (tertiary/aromatic N) is 1. The van der Waals surface area contributed by atoms with Crippen LogP contribution in [-0.4, -0.2) is 35.9 Å². The minimum atomic E-state index is 0.130. The first-order chi connectivity index (χ1) is 9.63. The molecule has 1 aromatic rings. The first-order valence-corrected chi connectivity index (χ1v) is 7.73. The molecule has 2 heterocycles. The number of rotatable bonds is 3. The molecular formula is C17H24N2O. The van der Waals surface area contributed by atoms with Crippen LogP contribution in [0.25, 0.3) is 0 Å². The highest BCUT2D eigenvalue weighted by atomic mass is 16.1. The second kappa shape index (κ2) is 5.57. The number of hydrogen-bond acceptors (Lipinski definition) is 3. The number of anilines is 1. The third kappa shape index (κ3) is 2.73. The molecule has 0 aromatic heterocycles. The smallest absolute Gasteiger partial charge is 0.159 e. The van der Waals surface area contributed by atoms with Crippen molar-refractivity contribution in [1.82, 2.24) is 4.90 Å². The molecule has 1 N–H and O–H groups in total. The zero-order chi connectivity index (χ0) is 14.1. The van der Waals surface area contributed by atoms with Crippen molar-refractivity contribution in [3.63, 3.8) is 0 Å². The fourth-order valence-corrected chi connectivity index (χ4v) is 3.77. The lowest BCUT2D eigenvalue weighted by atomic mass is 9.82. The molecule has 3 rings (SSSR count). The molecule has 1 aromatic carbocycles. The molecule has 0 saturated carbocycles.